The summed E-state index contributed by atoms with van der Waals surface area (Å²) in [6, 6.07) is 5.70. The highest BCUT2D eigenvalue weighted by Gasteiger charge is 2.21. The molecule has 1 atom stereocenters. The second-order valence-corrected chi connectivity index (χ2v) is 5.43. The van der Waals surface area contributed by atoms with Gasteiger partial charge < -0.3 is 20.9 Å². The van der Waals surface area contributed by atoms with Crippen LogP contribution < -0.4 is 15.8 Å². The third-order valence-electron chi connectivity index (χ3n) is 3.27. The predicted octanol–water partition coefficient (Wildman–Crippen LogP) is 3.02. The Morgan fingerprint density at radius 2 is 2.11 bits per heavy atom. The van der Waals surface area contributed by atoms with Crippen LogP contribution in [0.4, 0.5) is 11.4 Å². The van der Waals surface area contributed by atoms with Crippen LogP contribution in [0.1, 0.15) is 40.5 Å². The lowest BCUT2D eigenvalue weighted by Crippen LogP contribution is -2.35. The normalized spacial score (nSPS) is 14.2. The third-order valence-corrected chi connectivity index (χ3v) is 3.27. The summed E-state index contributed by atoms with van der Waals surface area (Å²) in [4.78, 5) is 0. The van der Waals surface area contributed by atoms with Gasteiger partial charge in [0.2, 0.25) is 0 Å². The van der Waals surface area contributed by atoms with Crippen molar-refractivity contribution in [3.63, 3.8) is 0 Å². The largest absolute Gasteiger partial charge is 0.489 e. The average molecular weight is 266 g/mol. The smallest absolute Gasteiger partial charge is 0.144 e. The van der Waals surface area contributed by atoms with Crippen molar-refractivity contribution in [3.05, 3.63) is 18.2 Å². The zero-order chi connectivity index (χ0) is 14.5. The number of aliphatic hydroxyl groups is 1. The molecule has 0 aliphatic rings. The van der Waals surface area contributed by atoms with Crippen molar-refractivity contribution in [2.24, 2.45) is 0 Å². The van der Waals surface area contributed by atoms with Gasteiger partial charge in [-0.15, -0.1) is 0 Å². The SMILES string of the molecule is CCC(C)(CCO)Nc1ccc(N)c(OC(C)C)c1. The Morgan fingerprint density at radius 3 is 2.63 bits per heavy atom. The predicted molar refractivity (Wildman–Crippen MR) is 80.6 cm³/mol. The molecule has 4 heteroatoms. The van der Waals surface area contributed by atoms with Crippen molar-refractivity contribution in [2.45, 2.75) is 52.2 Å². The molecule has 1 unspecified atom stereocenters. The van der Waals surface area contributed by atoms with E-state index in [0.29, 0.717) is 17.9 Å². The van der Waals surface area contributed by atoms with Crippen molar-refractivity contribution in [1.82, 2.24) is 0 Å². The number of rotatable bonds is 7. The Morgan fingerprint density at radius 1 is 1.42 bits per heavy atom. The van der Waals surface area contributed by atoms with Gasteiger partial charge in [0.1, 0.15) is 5.75 Å². The Labute approximate surface area is 116 Å². The van der Waals surface area contributed by atoms with Crippen molar-refractivity contribution in [3.8, 4) is 5.75 Å². The molecule has 0 fully saturated rings. The fourth-order valence-electron chi connectivity index (χ4n) is 1.89. The Hall–Kier alpha value is -1.42. The van der Waals surface area contributed by atoms with E-state index in [0.717, 1.165) is 12.1 Å². The quantitative estimate of drug-likeness (QED) is 0.664. The molecule has 0 heterocycles. The maximum atomic E-state index is 9.14. The standard InChI is InChI=1S/C15H26N2O2/c1-5-15(4,8-9-18)17-12-6-7-13(16)14(10-12)19-11(2)3/h6-7,10-11,17-18H,5,8-9,16H2,1-4H3. The summed E-state index contributed by atoms with van der Waals surface area (Å²) in [5, 5.41) is 12.6. The number of nitrogen functional groups attached to an aromatic ring is 1. The maximum Gasteiger partial charge on any atom is 0.144 e. The van der Waals surface area contributed by atoms with E-state index >= 15 is 0 Å². The highest BCUT2D eigenvalue weighted by Crippen LogP contribution is 2.29. The molecule has 4 N–H and O–H groups in total. The van der Waals surface area contributed by atoms with Crippen molar-refractivity contribution < 1.29 is 9.84 Å². The van der Waals surface area contributed by atoms with Gasteiger partial charge in [0.15, 0.2) is 0 Å². The molecule has 1 rings (SSSR count). The number of hydrogen-bond donors (Lipinski definition) is 3. The van der Waals surface area contributed by atoms with E-state index in [1.807, 2.05) is 32.0 Å². The molecule has 0 bridgehead atoms. The van der Waals surface area contributed by atoms with Gasteiger partial charge in [-0.1, -0.05) is 6.92 Å². The lowest BCUT2D eigenvalue weighted by Gasteiger charge is -2.30. The highest BCUT2D eigenvalue weighted by molar-refractivity contribution is 5.62. The van der Waals surface area contributed by atoms with E-state index in [9.17, 15) is 0 Å². The molecule has 0 radical (unpaired) electrons. The summed E-state index contributed by atoms with van der Waals surface area (Å²) >= 11 is 0. The Bertz CT molecular complexity index is 407. The number of hydrogen-bond acceptors (Lipinski definition) is 4. The molecule has 1 aromatic carbocycles. The number of benzene rings is 1. The minimum absolute atomic E-state index is 0.0903. The molecule has 0 aromatic heterocycles. The summed E-state index contributed by atoms with van der Waals surface area (Å²) < 4.78 is 5.68. The summed E-state index contributed by atoms with van der Waals surface area (Å²) in [5.74, 6) is 0.697. The summed E-state index contributed by atoms with van der Waals surface area (Å²) in [6.45, 7) is 8.32. The van der Waals surface area contributed by atoms with Crippen LogP contribution in [-0.2, 0) is 0 Å². The van der Waals surface area contributed by atoms with E-state index in [1.54, 1.807) is 0 Å². The van der Waals surface area contributed by atoms with Gasteiger partial charge in [-0.3, -0.25) is 0 Å². The third kappa shape index (κ3) is 4.63. The highest BCUT2D eigenvalue weighted by atomic mass is 16.5. The van der Waals surface area contributed by atoms with E-state index in [4.69, 9.17) is 15.6 Å². The number of ether oxygens (including phenoxy) is 1. The van der Waals surface area contributed by atoms with Crippen molar-refractivity contribution in [1.29, 1.82) is 0 Å². The van der Waals surface area contributed by atoms with E-state index < -0.39 is 0 Å². The first-order valence-corrected chi connectivity index (χ1v) is 6.85. The summed E-state index contributed by atoms with van der Waals surface area (Å²) in [5.41, 5.74) is 7.37. The van der Waals surface area contributed by atoms with Crippen LogP contribution in [0, 0.1) is 0 Å². The van der Waals surface area contributed by atoms with Crippen molar-refractivity contribution >= 4 is 11.4 Å². The molecule has 0 saturated heterocycles. The van der Waals surface area contributed by atoms with Gasteiger partial charge in [0.05, 0.1) is 11.8 Å². The number of nitrogens with two attached hydrogens (primary N) is 1. The molecule has 0 aliphatic carbocycles. The van der Waals surface area contributed by atoms with Crippen LogP contribution >= 0.6 is 0 Å². The summed E-state index contributed by atoms with van der Waals surface area (Å²) in [7, 11) is 0. The minimum atomic E-state index is -0.125. The second-order valence-electron chi connectivity index (χ2n) is 5.43. The van der Waals surface area contributed by atoms with E-state index in [1.165, 1.54) is 0 Å². The Kier molecular flexibility index (Phi) is 5.48. The lowest BCUT2D eigenvalue weighted by molar-refractivity contribution is 0.243. The Balaban J connectivity index is 2.89. The van der Waals surface area contributed by atoms with Gasteiger partial charge in [0.25, 0.3) is 0 Å². The van der Waals surface area contributed by atoms with Gasteiger partial charge in [-0.05, 0) is 45.7 Å². The van der Waals surface area contributed by atoms with E-state index in [2.05, 4.69) is 19.2 Å². The number of nitrogens with one attached hydrogen (secondary N) is 1. The van der Waals surface area contributed by atoms with Crippen LogP contribution in [0.3, 0.4) is 0 Å². The van der Waals surface area contributed by atoms with Crippen LogP contribution in [0.5, 0.6) is 5.75 Å². The van der Waals surface area contributed by atoms with Gasteiger partial charge in [-0.2, -0.15) is 0 Å². The topological polar surface area (TPSA) is 67.5 Å². The molecule has 0 aliphatic heterocycles. The van der Waals surface area contributed by atoms with Gasteiger partial charge in [-0.25, -0.2) is 0 Å². The zero-order valence-electron chi connectivity index (χ0n) is 12.4. The van der Waals surface area contributed by atoms with Crippen LogP contribution in [-0.4, -0.2) is 23.4 Å². The molecular weight excluding hydrogens is 240 g/mol. The van der Waals surface area contributed by atoms with Crippen molar-refractivity contribution in [2.75, 3.05) is 17.7 Å². The number of anilines is 2. The first-order valence-electron chi connectivity index (χ1n) is 6.85. The molecule has 1 aromatic rings. The minimum Gasteiger partial charge on any atom is -0.489 e. The van der Waals surface area contributed by atoms with E-state index in [-0.39, 0.29) is 18.2 Å². The molecule has 19 heavy (non-hydrogen) atoms. The second kappa shape index (κ2) is 6.66. The average Bonchev–Trinajstić information content (AvgIpc) is 2.33. The zero-order valence-corrected chi connectivity index (χ0v) is 12.4. The summed E-state index contributed by atoms with van der Waals surface area (Å²) in [6.07, 6.45) is 1.72. The van der Waals surface area contributed by atoms with Crippen LogP contribution in [0.15, 0.2) is 18.2 Å². The lowest BCUT2D eigenvalue weighted by atomic mass is 9.94. The fraction of sp³-hybridized carbons (Fsp3) is 0.600. The molecule has 4 nitrogen and oxygen atoms in total. The molecule has 0 spiro atoms. The first-order chi connectivity index (χ1) is 8.90. The molecule has 0 amide bonds. The molecule has 0 saturated carbocycles. The monoisotopic (exact) mass is 266 g/mol. The van der Waals surface area contributed by atoms with Gasteiger partial charge >= 0.3 is 0 Å². The van der Waals surface area contributed by atoms with Crippen LogP contribution in [0.25, 0.3) is 0 Å². The van der Waals surface area contributed by atoms with Crippen LogP contribution in [0.2, 0.25) is 0 Å². The molecule has 108 valence electrons. The fourth-order valence-corrected chi connectivity index (χ4v) is 1.89. The number of aliphatic hydroxyl groups excluding tert-OH is 1. The van der Waals surface area contributed by atoms with Gasteiger partial charge in [0, 0.05) is 23.9 Å². The molecular formula is C15H26N2O2. The maximum absolute atomic E-state index is 9.14. The first kappa shape index (κ1) is 15.6.